The molecule has 34 heavy (non-hydrogen) atoms. The molecule has 0 spiro atoms. The van der Waals surface area contributed by atoms with Gasteiger partial charge in [-0.2, -0.15) is 0 Å². The predicted molar refractivity (Wildman–Crippen MR) is 132 cm³/mol. The number of nitrogens with one attached hydrogen (secondary N) is 1. The fraction of sp³-hybridized carbons (Fsp3) is 0.148. The van der Waals surface area contributed by atoms with E-state index in [1.165, 1.54) is 12.1 Å². The van der Waals surface area contributed by atoms with Crippen LogP contribution in [0.5, 0.6) is 5.88 Å². The largest absolute Gasteiger partial charge is 0.480 e. The van der Waals surface area contributed by atoms with Crippen LogP contribution in [0.4, 0.5) is 15.8 Å². The van der Waals surface area contributed by atoms with E-state index in [4.69, 9.17) is 14.7 Å². The van der Waals surface area contributed by atoms with Crippen LogP contribution in [-0.4, -0.2) is 27.7 Å². The van der Waals surface area contributed by atoms with Crippen LogP contribution in [0.3, 0.4) is 0 Å². The van der Waals surface area contributed by atoms with Crippen molar-refractivity contribution in [3.05, 3.63) is 90.2 Å². The van der Waals surface area contributed by atoms with Crippen molar-refractivity contribution in [1.82, 2.24) is 14.5 Å². The van der Waals surface area contributed by atoms with E-state index in [1.807, 2.05) is 73.0 Å². The highest BCUT2D eigenvalue weighted by Crippen LogP contribution is 2.31. The highest BCUT2D eigenvalue weighted by Gasteiger charge is 2.17. The fourth-order valence-electron chi connectivity index (χ4n) is 4.01. The molecule has 2 aliphatic rings. The van der Waals surface area contributed by atoms with Gasteiger partial charge >= 0.3 is 0 Å². The molecule has 0 radical (unpaired) electrons. The molecule has 3 aromatic rings. The van der Waals surface area contributed by atoms with Gasteiger partial charge in [-0.3, -0.25) is 4.99 Å². The molecule has 0 bridgehead atoms. The Kier molecular flexibility index (Phi) is 5.67. The summed E-state index contributed by atoms with van der Waals surface area (Å²) in [7, 11) is 1.59. The maximum Gasteiger partial charge on any atom is 0.237 e. The lowest BCUT2D eigenvalue weighted by molar-refractivity contribution is 0.400. The Hall–Kier alpha value is -4.26. The van der Waals surface area contributed by atoms with E-state index in [1.54, 1.807) is 19.4 Å². The van der Waals surface area contributed by atoms with Gasteiger partial charge in [-0.15, -0.1) is 0 Å². The van der Waals surface area contributed by atoms with Gasteiger partial charge in [-0.1, -0.05) is 18.2 Å². The standard InChI is InChI=1S/C27H24FN5O/c1-17(2)30-23-16-26-24(15-22(23)32-21-11-7-13-29-27(21)34-3)31-20-10-4-5-12-25(20)33(26)19-9-6-8-18(28)14-19/h4-17,32H,1-3H3. The number of rotatable bonds is 5. The number of nitrogens with zero attached hydrogens (tertiary/aromatic N) is 4. The van der Waals surface area contributed by atoms with Crippen molar-refractivity contribution in [2.24, 2.45) is 4.99 Å². The third-order valence-corrected chi connectivity index (χ3v) is 5.39. The molecule has 2 aromatic carbocycles. The molecule has 170 valence electrons. The molecular weight excluding hydrogens is 429 g/mol. The van der Waals surface area contributed by atoms with Crippen LogP contribution in [-0.2, 0) is 0 Å². The summed E-state index contributed by atoms with van der Waals surface area (Å²) in [6.07, 6.45) is 1.68. The third-order valence-electron chi connectivity index (χ3n) is 5.39. The van der Waals surface area contributed by atoms with Gasteiger partial charge in [0.1, 0.15) is 11.5 Å². The summed E-state index contributed by atoms with van der Waals surface area (Å²) >= 11 is 0. The molecule has 7 heteroatoms. The summed E-state index contributed by atoms with van der Waals surface area (Å²) in [5.74, 6) is 0.187. The van der Waals surface area contributed by atoms with E-state index in [0.717, 1.165) is 39.2 Å². The first-order chi connectivity index (χ1) is 16.5. The summed E-state index contributed by atoms with van der Waals surface area (Å²) in [6.45, 7) is 4.05. The van der Waals surface area contributed by atoms with Crippen LogP contribution < -0.4 is 15.4 Å². The molecule has 1 aliphatic carbocycles. The Bertz CT molecular complexity index is 1530. The Labute approximate surface area is 196 Å². The van der Waals surface area contributed by atoms with E-state index in [2.05, 4.69) is 10.3 Å². The SMILES string of the molecule is COc1ncccc1Nc1cc2nc3ccccc3n(-c3cccc(F)c3)c-2cc1=NC(C)C. The number of hydrogen-bond acceptors (Lipinski definition) is 5. The minimum absolute atomic E-state index is 0.0600. The molecule has 0 atom stereocenters. The van der Waals surface area contributed by atoms with Crippen LogP contribution >= 0.6 is 0 Å². The van der Waals surface area contributed by atoms with Gasteiger partial charge in [-0.05, 0) is 68.4 Å². The lowest BCUT2D eigenvalue weighted by atomic mass is 10.1. The molecule has 0 amide bonds. The summed E-state index contributed by atoms with van der Waals surface area (Å²) < 4.78 is 21.6. The number of hydrogen-bond donors (Lipinski definition) is 1. The van der Waals surface area contributed by atoms with E-state index in [9.17, 15) is 4.39 Å². The number of pyridine rings is 1. The van der Waals surface area contributed by atoms with Crippen molar-refractivity contribution in [2.45, 2.75) is 19.9 Å². The van der Waals surface area contributed by atoms with Gasteiger partial charge in [0.25, 0.3) is 0 Å². The summed E-state index contributed by atoms with van der Waals surface area (Å²) in [6, 6.07) is 22.2. The Balaban J connectivity index is 1.83. The van der Waals surface area contributed by atoms with E-state index in [0.29, 0.717) is 11.6 Å². The Morgan fingerprint density at radius 2 is 1.82 bits per heavy atom. The van der Waals surface area contributed by atoms with Crippen LogP contribution in [0, 0.1) is 5.82 Å². The van der Waals surface area contributed by atoms with Crippen LogP contribution in [0.15, 0.2) is 84.0 Å². The fourth-order valence-corrected chi connectivity index (χ4v) is 4.01. The molecule has 0 unspecified atom stereocenters. The predicted octanol–water partition coefficient (Wildman–Crippen LogP) is 5.73. The van der Waals surface area contributed by atoms with Gasteiger partial charge in [0.05, 0.1) is 40.6 Å². The highest BCUT2D eigenvalue weighted by molar-refractivity contribution is 5.84. The van der Waals surface area contributed by atoms with Gasteiger partial charge in [0.15, 0.2) is 0 Å². The Morgan fingerprint density at radius 1 is 0.971 bits per heavy atom. The molecule has 2 heterocycles. The zero-order chi connectivity index (χ0) is 23.7. The van der Waals surface area contributed by atoms with Crippen LogP contribution in [0.2, 0.25) is 0 Å². The monoisotopic (exact) mass is 453 g/mol. The second kappa shape index (κ2) is 8.94. The number of aromatic nitrogens is 3. The number of methoxy groups -OCH3 is 1. The van der Waals surface area contributed by atoms with E-state index >= 15 is 0 Å². The molecule has 0 saturated heterocycles. The zero-order valence-corrected chi connectivity index (χ0v) is 19.2. The summed E-state index contributed by atoms with van der Waals surface area (Å²) in [5.41, 5.74) is 5.48. The quantitative estimate of drug-likeness (QED) is 0.346. The van der Waals surface area contributed by atoms with Crippen molar-refractivity contribution in [2.75, 3.05) is 12.4 Å². The normalized spacial score (nSPS) is 12.0. The number of halogens is 1. The van der Waals surface area contributed by atoms with Gasteiger partial charge in [-0.25, -0.2) is 14.4 Å². The van der Waals surface area contributed by atoms with Crippen LogP contribution in [0.25, 0.3) is 28.1 Å². The first-order valence-electron chi connectivity index (χ1n) is 11.0. The number of anilines is 2. The average molecular weight is 454 g/mol. The first-order valence-corrected chi connectivity index (χ1v) is 11.0. The minimum atomic E-state index is -0.298. The molecule has 1 aromatic heterocycles. The lowest BCUT2D eigenvalue weighted by Gasteiger charge is -2.20. The van der Waals surface area contributed by atoms with Crippen molar-refractivity contribution >= 4 is 22.4 Å². The van der Waals surface area contributed by atoms with Crippen molar-refractivity contribution in [3.63, 3.8) is 0 Å². The lowest BCUT2D eigenvalue weighted by Crippen LogP contribution is -2.16. The molecular formula is C27H24FN5O. The summed E-state index contributed by atoms with van der Waals surface area (Å²) in [4.78, 5) is 14.0. The van der Waals surface area contributed by atoms with Gasteiger partial charge < -0.3 is 14.6 Å². The van der Waals surface area contributed by atoms with Gasteiger partial charge in [0, 0.05) is 17.9 Å². The first kappa shape index (κ1) is 21.6. The van der Waals surface area contributed by atoms with E-state index in [-0.39, 0.29) is 11.9 Å². The minimum Gasteiger partial charge on any atom is -0.480 e. The molecule has 0 fully saturated rings. The maximum absolute atomic E-state index is 14.2. The second-order valence-electron chi connectivity index (χ2n) is 8.18. The summed E-state index contributed by atoms with van der Waals surface area (Å²) in [5, 5.41) is 4.18. The number of para-hydroxylation sites is 2. The molecule has 1 aliphatic heterocycles. The molecule has 1 N–H and O–H groups in total. The maximum atomic E-state index is 14.2. The van der Waals surface area contributed by atoms with Crippen molar-refractivity contribution < 1.29 is 9.13 Å². The van der Waals surface area contributed by atoms with Crippen LogP contribution in [0.1, 0.15) is 13.8 Å². The van der Waals surface area contributed by atoms with Crippen molar-refractivity contribution in [1.29, 1.82) is 0 Å². The molecule has 6 nitrogen and oxygen atoms in total. The van der Waals surface area contributed by atoms with Gasteiger partial charge in [0.2, 0.25) is 5.88 Å². The highest BCUT2D eigenvalue weighted by atomic mass is 19.1. The van der Waals surface area contributed by atoms with E-state index < -0.39 is 0 Å². The number of fused-ring (bicyclic) bond motifs is 2. The number of benzene rings is 3. The third kappa shape index (κ3) is 4.08. The smallest absolute Gasteiger partial charge is 0.237 e. The molecule has 5 rings (SSSR count). The Morgan fingerprint density at radius 3 is 2.62 bits per heavy atom. The number of ether oxygens (including phenoxy) is 1. The molecule has 0 saturated carbocycles. The zero-order valence-electron chi connectivity index (χ0n) is 19.2. The van der Waals surface area contributed by atoms with Crippen molar-refractivity contribution in [3.8, 4) is 23.0 Å². The average Bonchev–Trinajstić information content (AvgIpc) is 2.83. The topological polar surface area (TPSA) is 64.3 Å². The second-order valence-corrected chi connectivity index (χ2v) is 8.18.